The van der Waals surface area contributed by atoms with Crippen LogP contribution in [-0.2, 0) is 0 Å². The van der Waals surface area contributed by atoms with Gasteiger partial charge in [0.2, 0.25) is 0 Å². The Hall–Kier alpha value is -3.23. The van der Waals surface area contributed by atoms with Crippen LogP contribution in [0.25, 0.3) is 22.4 Å². The highest BCUT2D eigenvalue weighted by molar-refractivity contribution is 5.91. The van der Waals surface area contributed by atoms with Crippen molar-refractivity contribution in [3.63, 3.8) is 0 Å². The first-order valence-electron chi connectivity index (χ1n) is 10.8. The number of nitrogens with one attached hydrogen (secondary N) is 3. The molecule has 2 amide bonds. The second-order valence-electron chi connectivity index (χ2n) is 7.91. The molecule has 164 valence electrons. The molecule has 1 saturated heterocycles. The summed E-state index contributed by atoms with van der Waals surface area (Å²) in [6.45, 7) is 5.34. The molecule has 1 fully saturated rings. The summed E-state index contributed by atoms with van der Waals surface area (Å²) in [6.07, 6.45) is 8.42. The van der Waals surface area contributed by atoms with Gasteiger partial charge in [-0.25, -0.2) is 24.1 Å². The summed E-state index contributed by atoms with van der Waals surface area (Å²) in [5.41, 5.74) is 1.49. The van der Waals surface area contributed by atoms with Gasteiger partial charge in [0.25, 0.3) is 0 Å². The number of rotatable bonds is 6. The van der Waals surface area contributed by atoms with Crippen LogP contribution >= 0.6 is 0 Å². The van der Waals surface area contributed by atoms with Gasteiger partial charge in [-0.15, -0.1) is 0 Å². The number of H-pyrrole nitrogens is 1. The van der Waals surface area contributed by atoms with Crippen molar-refractivity contribution in [1.29, 1.82) is 0 Å². The number of urea groups is 1. The summed E-state index contributed by atoms with van der Waals surface area (Å²) in [7, 11) is 0. The Morgan fingerprint density at radius 3 is 3.10 bits per heavy atom. The maximum absolute atomic E-state index is 14.6. The van der Waals surface area contributed by atoms with E-state index in [1.807, 2.05) is 30.9 Å². The minimum absolute atomic E-state index is 0.0410. The molecule has 2 unspecified atom stereocenters. The lowest BCUT2D eigenvalue weighted by Crippen LogP contribution is -2.54. The second kappa shape index (κ2) is 9.28. The van der Waals surface area contributed by atoms with Gasteiger partial charge in [-0.2, -0.15) is 0 Å². The van der Waals surface area contributed by atoms with Crippen LogP contribution in [0.2, 0.25) is 0 Å². The Balaban J connectivity index is 1.55. The maximum Gasteiger partial charge on any atom is 0.317 e. The fraction of sp³-hybridized carbons (Fsp3) is 0.455. The van der Waals surface area contributed by atoms with Gasteiger partial charge in [0.15, 0.2) is 17.5 Å². The molecule has 1 aliphatic rings. The van der Waals surface area contributed by atoms with Gasteiger partial charge in [0.1, 0.15) is 5.65 Å². The molecule has 3 N–H and O–H groups in total. The fourth-order valence-corrected chi connectivity index (χ4v) is 4.11. The summed E-state index contributed by atoms with van der Waals surface area (Å²) in [5.74, 6) is 0.0260. The highest BCUT2D eigenvalue weighted by atomic mass is 19.1. The SMILES string of the molecule is CCCNC(=O)N1CCCCC1C(C)Nc1nc(-c2c[nH]c3ncccc23)ncc1F. The van der Waals surface area contributed by atoms with Gasteiger partial charge in [-0.3, -0.25) is 0 Å². The molecule has 0 bridgehead atoms. The number of nitrogens with zero attached hydrogens (tertiary/aromatic N) is 4. The van der Waals surface area contributed by atoms with E-state index in [2.05, 4.69) is 30.6 Å². The normalized spacial score (nSPS) is 17.5. The molecule has 3 aromatic rings. The Morgan fingerprint density at radius 2 is 2.26 bits per heavy atom. The van der Waals surface area contributed by atoms with E-state index in [-0.39, 0.29) is 23.9 Å². The molecule has 4 heterocycles. The molecule has 0 aromatic carbocycles. The number of piperidine rings is 1. The largest absolute Gasteiger partial charge is 0.363 e. The van der Waals surface area contributed by atoms with E-state index < -0.39 is 5.82 Å². The van der Waals surface area contributed by atoms with Crippen molar-refractivity contribution in [3.8, 4) is 11.4 Å². The number of carbonyl (C=O) groups excluding carboxylic acids is 1. The van der Waals surface area contributed by atoms with Crippen molar-refractivity contribution in [3.05, 3.63) is 36.5 Å². The lowest BCUT2D eigenvalue weighted by atomic mass is 9.96. The fourth-order valence-electron chi connectivity index (χ4n) is 4.11. The molecular weight excluding hydrogens is 397 g/mol. The van der Waals surface area contributed by atoms with Gasteiger partial charge >= 0.3 is 6.03 Å². The Bertz CT molecular complexity index is 1050. The highest BCUT2D eigenvalue weighted by Gasteiger charge is 2.31. The van der Waals surface area contributed by atoms with Crippen LogP contribution < -0.4 is 10.6 Å². The maximum atomic E-state index is 14.6. The number of likely N-dealkylation sites (tertiary alicyclic amines) is 1. The van der Waals surface area contributed by atoms with E-state index in [0.717, 1.165) is 42.3 Å². The first-order chi connectivity index (χ1) is 15.1. The number of pyridine rings is 1. The summed E-state index contributed by atoms with van der Waals surface area (Å²) >= 11 is 0. The van der Waals surface area contributed by atoms with E-state index in [9.17, 15) is 9.18 Å². The van der Waals surface area contributed by atoms with E-state index in [0.29, 0.717) is 18.9 Å². The van der Waals surface area contributed by atoms with Crippen molar-refractivity contribution >= 4 is 22.9 Å². The molecule has 4 rings (SSSR count). The number of anilines is 1. The minimum atomic E-state index is -0.522. The van der Waals surface area contributed by atoms with Crippen LogP contribution in [0.4, 0.5) is 15.0 Å². The van der Waals surface area contributed by atoms with E-state index in [4.69, 9.17) is 0 Å². The van der Waals surface area contributed by atoms with Gasteiger partial charge in [0, 0.05) is 42.5 Å². The predicted octanol–water partition coefficient (Wildman–Crippen LogP) is 3.93. The van der Waals surface area contributed by atoms with Crippen molar-refractivity contribution in [2.75, 3.05) is 18.4 Å². The number of halogens is 1. The number of aromatic amines is 1. The highest BCUT2D eigenvalue weighted by Crippen LogP contribution is 2.27. The number of hydrogen-bond acceptors (Lipinski definition) is 5. The van der Waals surface area contributed by atoms with Crippen LogP contribution in [0.5, 0.6) is 0 Å². The third kappa shape index (κ3) is 4.45. The topological polar surface area (TPSA) is 98.8 Å². The Morgan fingerprint density at radius 1 is 1.39 bits per heavy atom. The lowest BCUT2D eigenvalue weighted by molar-refractivity contribution is 0.143. The average Bonchev–Trinajstić information content (AvgIpc) is 3.23. The number of aromatic nitrogens is 4. The first kappa shape index (κ1) is 21.0. The lowest BCUT2D eigenvalue weighted by Gasteiger charge is -2.39. The third-order valence-electron chi connectivity index (χ3n) is 5.71. The Kier molecular flexibility index (Phi) is 6.29. The summed E-state index contributed by atoms with van der Waals surface area (Å²) < 4.78 is 14.6. The summed E-state index contributed by atoms with van der Waals surface area (Å²) in [5, 5.41) is 7.03. The van der Waals surface area contributed by atoms with Crippen LogP contribution in [0.3, 0.4) is 0 Å². The second-order valence-corrected chi connectivity index (χ2v) is 7.91. The van der Waals surface area contributed by atoms with Crippen molar-refractivity contribution in [2.45, 2.75) is 51.6 Å². The van der Waals surface area contributed by atoms with Gasteiger partial charge < -0.3 is 20.5 Å². The van der Waals surface area contributed by atoms with Gasteiger partial charge in [-0.05, 0) is 44.7 Å². The van der Waals surface area contributed by atoms with Crippen LogP contribution in [-0.4, -0.2) is 56.0 Å². The smallest absolute Gasteiger partial charge is 0.317 e. The van der Waals surface area contributed by atoms with Crippen LogP contribution in [0, 0.1) is 5.82 Å². The van der Waals surface area contributed by atoms with Crippen LogP contribution in [0.15, 0.2) is 30.7 Å². The predicted molar refractivity (Wildman–Crippen MR) is 118 cm³/mol. The molecule has 8 nitrogen and oxygen atoms in total. The molecule has 1 aliphatic heterocycles. The monoisotopic (exact) mass is 425 g/mol. The van der Waals surface area contributed by atoms with Crippen molar-refractivity contribution < 1.29 is 9.18 Å². The first-order valence-corrected chi connectivity index (χ1v) is 10.8. The van der Waals surface area contributed by atoms with Gasteiger partial charge in [0.05, 0.1) is 12.2 Å². The van der Waals surface area contributed by atoms with Gasteiger partial charge in [-0.1, -0.05) is 6.92 Å². The van der Waals surface area contributed by atoms with E-state index in [1.54, 1.807) is 12.4 Å². The number of carbonyl (C=O) groups is 1. The average molecular weight is 426 g/mol. The molecular formula is C22H28FN7O. The zero-order valence-corrected chi connectivity index (χ0v) is 17.9. The Labute approximate surface area is 180 Å². The number of amides is 2. The molecule has 31 heavy (non-hydrogen) atoms. The molecule has 2 atom stereocenters. The molecule has 9 heteroatoms. The summed E-state index contributed by atoms with van der Waals surface area (Å²) in [6, 6.07) is 3.49. The van der Waals surface area contributed by atoms with Crippen molar-refractivity contribution in [2.24, 2.45) is 0 Å². The molecule has 0 saturated carbocycles. The minimum Gasteiger partial charge on any atom is -0.363 e. The molecule has 0 spiro atoms. The molecule has 0 radical (unpaired) electrons. The van der Waals surface area contributed by atoms with E-state index in [1.165, 1.54) is 6.20 Å². The number of fused-ring (bicyclic) bond motifs is 1. The molecule has 0 aliphatic carbocycles. The summed E-state index contributed by atoms with van der Waals surface area (Å²) in [4.78, 5) is 30.5. The molecule has 3 aromatic heterocycles. The standard InChI is InChI=1S/C22H28FN7O/c1-3-9-25-22(31)30-11-5-4-8-18(30)14(2)28-21-17(23)13-27-20(29-21)16-12-26-19-15(16)7-6-10-24-19/h6-7,10,12-14,18H,3-5,8-9,11H2,1-2H3,(H,24,26)(H,25,31)(H,27,28,29). The van der Waals surface area contributed by atoms with Crippen LogP contribution in [0.1, 0.15) is 39.5 Å². The third-order valence-corrected chi connectivity index (χ3v) is 5.71. The zero-order chi connectivity index (χ0) is 21.8. The zero-order valence-electron chi connectivity index (χ0n) is 17.9. The number of hydrogen-bond donors (Lipinski definition) is 3. The quantitative estimate of drug-likeness (QED) is 0.556. The van der Waals surface area contributed by atoms with Crippen molar-refractivity contribution in [1.82, 2.24) is 30.2 Å². The van der Waals surface area contributed by atoms with E-state index >= 15 is 0 Å².